The summed E-state index contributed by atoms with van der Waals surface area (Å²) in [6, 6.07) is 13.9. The fourth-order valence-electron chi connectivity index (χ4n) is 3.10. The lowest BCUT2D eigenvalue weighted by molar-refractivity contribution is 0.248. The van der Waals surface area contributed by atoms with E-state index in [4.69, 9.17) is 0 Å². The number of fused-ring (bicyclic) bond motifs is 2. The lowest BCUT2D eigenvalue weighted by Gasteiger charge is -2.15. The second-order valence-electron chi connectivity index (χ2n) is 5.53. The van der Waals surface area contributed by atoms with E-state index >= 15 is 0 Å². The SMILES string of the molecule is O=C(Nc1cccc2[nH]ncc12)NC1CCc2ccccc21. The summed E-state index contributed by atoms with van der Waals surface area (Å²) >= 11 is 0. The molecule has 0 aliphatic heterocycles. The Morgan fingerprint density at radius 3 is 3.05 bits per heavy atom. The monoisotopic (exact) mass is 292 g/mol. The van der Waals surface area contributed by atoms with E-state index in [-0.39, 0.29) is 12.1 Å². The Hall–Kier alpha value is -2.82. The van der Waals surface area contributed by atoms with Gasteiger partial charge in [-0.05, 0) is 36.1 Å². The van der Waals surface area contributed by atoms with Crippen LogP contribution in [0.5, 0.6) is 0 Å². The summed E-state index contributed by atoms with van der Waals surface area (Å²) in [4.78, 5) is 12.3. The van der Waals surface area contributed by atoms with Crippen molar-refractivity contribution >= 4 is 22.6 Å². The van der Waals surface area contributed by atoms with Crippen LogP contribution in [-0.4, -0.2) is 16.2 Å². The first kappa shape index (κ1) is 12.9. The lowest BCUT2D eigenvalue weighted by Crippen LogP contribution is -2.31. The van der Waals surface area contributed by atoms with Crippen LogP contribution in [-0.2, 0) is 6.42 Å². The fourth-order valence-corrected chi connectivity index (χ4v) is 3.10. The van der Waals surface area contributed by atoms with E-state index in [0.29, 0.717) is 0 Å². The summed E-state index contributed by atoms with van der Waals surface area (Å²) in [7, 11) is 0. The van der Waals surface area contributed by atoms with Gasteiger partial charge in [-0.1, -0.05) is 30.3 Å². The summed E-state index contributed by atoms with van der Waals surface area (Å²) in [5.74, 6) is 0. The molecule has 3 aromatic rings. The Morgan fingerprint density at radius 2 is 2.09 bits per heavy atom. The standard InChI is InChI=1S/C17H16N4O/c22-17(19-14-6-3-7-16-13(14)10-18-21-16)20-15-9-8-11-4-1-2-5-12(11)15/h1-7,10,15H,8-9H2,(H,18,21)(H2,19,20,22). The number of hydrogen-bond acceptors (Lipinski definition) is 2. The van der Waals surface area contributed by atoms with Crippen molar-refractivity contribution in [3.63, 3.8) is 0 Å². The number of aromatic amines is 1. The summed E-state index contributed by atoms with van der Waals surface area (Å²) in [5.41, 5.74) is 4.21. The number of hydrogen-bond donors (Lipinski definition) is 3. The van der Waals surface area contributed by atoms with Crippen LogP contribution in [0.15, 0.2) is 48.7 Å². The first-order valence-corrected chi connectivity index (χ1v) is 7.39. The van der Waals surface area contributed by atoms with Gasteiger partial charge < -0.3 is 10.6 Å². The van der Waals surface area contributed by atoms with Crippen molar-refractivity contribution in [1.82, 2.24) is 15.5 Å². The predicted octanol–water partition coefficient (Wildman–Crippen LogP) is 3.37. The van der Waals surface area contributed by atoms with Crippen LogP contribution in [0.3, 0.4) is 0 Å². The zero-order chi connectivity index (χ0) is 14.9. The molecule has 4 rings (SSSR count). The molecule has 2 amide bonds. The normalized spacial score (nSPS) is 16.5. The van der Waals surface area contributed by atoms with E-state index in [0.717, 1.165) is 29.4 Å². The Labute approximate surface area is 127 Å². The second kappa shape index (κ2) is 5.18. The number of benzene rings is 2. The van der Waals surface area contributed by atoms with Crippen LogP contribution >= 0.6 is 0 Å². The topological polar surface area (TPSA) is 69.8 Å². The molecule has 0 bridgehead atoms. The third-order valence-corrected chi connectivity index (χ3v) is 4.17. The maximum Gasteiger partial charge on any atom is 0.319 e. The van der Waals surface area contributed by atoms with E-state index in [9.17, 15) is 4.79 Å². The lowest BCUT2D eigenvalue weighted by atomic mass is 10.1. The van der Waals surface area contributed by atoms with Gasteiger partial charge in [-0.25, -0.2) is 4.79 Å². The highest BCUT2D eigenvalue weighted by molar-refractivity contribution is 6.00. The van der Waals surface area contributed by atoms with Crippen LogP contribution in [0, 0.1) is 0 Å². The minimum absolute atomic E-state index is 0.0831. The molecule has 22 heavy (non-hydrogen) atoms. The van der Waals surface area contributed by atoms with Gasteiger partial charge in [-0.3, -0.25) is 5.10 Å². The van der Waals surface area contributed by atoms with Gasteiger partial charge in [0.2, 0.25) is 0 Å². The van der Waals surface area contributed by atoms with Gasteiger partial charge in [0.05, 0.1) is 23.4 Å². The molecule has 1 aliphatic carbocycles. The molecule has 110 valence electrons. The molecule has 0 saturated heterocycles. The highest BCUT2D eigenvalue weighted by Gasteiger charge is 2.23. The van der Waals surface area contributed by atoms with Crippen LogP contribution in [0.25, 0.3) is 10.9 Å². The molecule has 0 fully saturated rings. The quantitative estimate of drug-likeness (QED) is 0.677. The Morgan fingerprint density at radius 1 is 1.18 bits per heavy atom. The largest absolute Gasteiger partial charge is 0.331 e. The van der Waals surface area contributed by atoms with Crippen molar-refractivity contribution in [1.29, 1.82) is 0 Å². The molecule has 1 unspecified atom stereocenters. The number of carbonyl (C=O) groups is 1. The zero-order valence-corrected chi connectivity index (χ0v) is 12.0. The number of nitrogens with one attached hydrogen (secondary N) is 3. The number of aryl methyl sites for hydroxylation is 1. The molecular formula is C17H16N4O. The zero-order valence-electron chi connectivity index (χ0n) is 12.0. The van der Waals surface area contributed by atoms with Crippen molar-refractivity contribution in [2.75, 3.05) is 5.32 Å². The van der Waals surface area contributed by atoms with Gasteiger partial charge in [0.1, 0.15) is 0 Å². The molecule has 0 spiro atoms. The molecular weight excluding hydrogens is 276 g/mol. The van der Waals surface area contributed by atoms with Crippen molar-refractivity contribution in [3.8, 4) is 0 Å². The van der Waals surface area contributed by atoms with Crippen molar-refractivity contribution in [2.45, 2.75) is 18.9 Å². The minimum atomic E-state index is -0.185. The summed E-state index contributed by atoms with van der Waals surface area (Å²) in [6.45, 7) is 0. The van der Waals surface area contributed by atoms with Gasteiger partial charge in [-0.2, -0.15) is 5.10 Å². The van der Waals surface area contributed by atoms with E-state index in [1.807, 2.05) is 30.3 Å². The highest BCUT2D eigenvalue weighted by Crippen LogP contribution is 2.30. The van der Waals surface area contributed by atoms with E-state index in [2.05, 4.69) is 33.0 Å². The van der Waals surface area contributed by atoms with Gasteiger partial charge in [0.15, 0.2) is 0 Å². The third-order valence-electron chi connectivity index (χ3n) is 4.17. The fraction of sp³-hybridized carbons (Fsp3) is 0.176. The number of aromatic nitrogens is 2. The molecule has 1 atom stereocenters. The van der Waals surface area contributed by atoms with Crippen LogP contribution in [0.4, 0.5) is 10.5 Å². The predicted molar refractivity (Wildman–Crippen MR) is 85.8 cm³/mol. The Kier molecular flexibility index (Phi) is 3.04. The maximum atomic E-state index is 12.3. The summed E-state index contributed by atoms with van der Waals surface area (Å²) < 4.78 is 0. The van der Waals surface area contributed by atoms with E-state index in [1.54, 1.807) is 6.20 Å². The van der Waals surface area contributed by atoms with Crippen molar-refractivity contribution in [2.24, 2.45) is 0 Å². The third kappa shape index (κ3) is 2.20. The van der Waals surface area contributed by atoms with Gasteiger partial charge in [0, 0.05) is 5.39 Å². The molecule has 3 N–H and O–H groups in total. The number of urea groups is 1. The molecule has 1 aliphatic rings. The summed E-state index contributed by atoms with van der Waals surface area (Å²) in [6.07, 6.45) is 3.68. The van der Waals surface area contributed by atoms with Gasteiger partial charge in [-0.15, -0.1) is 0 Å². The molecule has 0 radical (unpaired) electrons. The minimum Gasteiger partial charge on any atom is -0.331 e. The smallest absolute Gasteiger partial charge is 0.319 e. The highest BCUT2D eigenvalue weighted by atomic mass is 16.2. The number of H-pyrrole nitrogens is 1. The number of anilines is 1. The van der Waals surface area contributed by atoms with Crippen LogP contribution < -0.4 is 10.6 Å². The maximum absolute atomic E-state index is 12.3. The summed E-state index contributed by atoms with van der Waals surface area (Å²) in [5, 5.41) is 13.8. The van der Waals surface area contributed by atoms with Gasteiger partial charge in [0.25, 0.3) is 0 Å². The number of nitrogens with zero attached hydrogens (tertiary/aromatic N) is 1. The first-order chi connectivity index (χ1) is 10.8. The van der Waals surface area contributed by atoms with E-state index < -0.39 is 0 Å². The number of carbonyl (C=O) groups excluding carboxylic acids is 1. The number of amides is 2. The molecule has 2 aromatic carbocycles. The van der Waals surface area contributed by atoms with Crippen molar-refractivity contribution in [3.05, 3.63) is 59.8 Å². The second-order valence-corrected chi connectivity index (χ2v) is 5.53. The Balaban J connectivity index is 1.51. The molecule has 1 aromatic heterocycles. The van der Waals surface area contributed by atoms with Crippen LogP contribution in [0.2, 0.25) is 0 Å². The molecule has 0 saturated carbocycles. The van der Waals surface area contributed by atoms with Crippen LogP contribution in [0.1, 0.15) is 23.6 Å². The first-order valence-electron chi connectivity index (χ1n) is 7.39. The van der Waals surface area contributed by atoms with Crippen molar-refractivity contribution < 1.29 is 4.79 Å². The molecule has 5 heteroatoms. The average molecular weight is 292 g/mol. The molecule has 5 nitrogen and oxygen atoms in total. The van der Waals surface area contributed by atoms with Gasteiger partial charge >= 0.3 is 6.03 Å². The average Bonchev–Trinajstić information content (AvgIpc) is 3.15. The molecule has 1 heterocycles. The Bertz CT molecular complexity index is 839. The van der Waals surface area contributed by atoms with E-state index in [1.165, 1.54) is 11.1 Å². The number of rotatable bonds is 2.